The van der Waals surface area contributed by atoms with E-state index in [0.717, 1.165) is 22.1 Å². The number of rotatable bonds is 5. The van der Waals surface area contributed by atoms with Gasteiger partial charge >= 0.3 is 0 Å². The lowest BCUT2D eigenvalue weighted by molar-refractivity contribution is 0.111. The Bertz CT molecular complexity index is 581. The summed E-state index contributed by atoms with van der Waals surface area (Å²) in [7, 11) is 1.62. The van der Waals surface area contributed by atoms with Crippen molar-refractivity contribution in [3.63, 3.8) is 0 Å². The highest BCUT2D eigenvalue weighted by Gasteiger charge is 2.06. The third kappa shape index (κ3) is 3.35. The smallest absolute Gasteiger partial charge is 0.153 e. The van der Waals surface area contributed by atoms with Crippen LogP contribution in [0.25, 0.3) is 0 Å². The fourth-order valence-electron chi connectivity index (χ4n) is 1.72. The van der Waals surface area contributed by atoms with E-state index in [1.807, 2.05) is 24.3 Å². The predicted octanol–water partition coefficient (Wildman–Crippen LogP) is 3.85. The van der Waals surface area contributed by atoms with Crippen molar-refractivity contribution in [1.29, 1.82) is 0 Å². The molecule has 0 fully saturated rings. The number of ether oxygens (including phenoxy) is 2. The Morgan fingerprint density at radius 3 is 2.68 bits per heavy atom. The number of methoxy groups -OCH3 is 1. The first kappa shape index (κ1) is 13.6. The van der Waals surface area contributed by atoms with E-state index < -0.39 is 0 Å². The standard InChI is InChI=1S/C15H13BrO3/c1-18-14-7-6-13(16)8-12(14)10-19-15-5-3-2-4-11(15)9-17/h2-9H,10H2,1H3. The van der Waals surface area contributed by atoms with Gasteiger partial charge in [-0.1, -0.05) is 28.1 Å². The minimum absolute atomic E-state index is 0.341. The number of carbonyl (C=O) groups excluding carboxylic acids is 1. The summed E-state index contributed by atoms with van der Waals surface area (Å²) in [6, 6.07) is 12.8. The molecule has 0 saturated carbocycles. The maximum absolute atomic E-state index is 10.9. The molecule has 2 aromatic carbocycles. The summed E-state index contributed by atoms with van der Waals surface area (Å²) in [4.78, 5) is 10.9. The van der Waals surface area contributed by atoms with Crippen LogP contribution in [0.15, 0.2) is 46.9 Å². The molecular formula is C15H13BrO3. The Morgan fingerprint density at radius 2 is 1.95 bits per heavy atom. The average Bonchev–Trinajstić information content (AvgIpc) is 2.45. The maximum Gasteiger partial charge on any atom is 0.153 e. The zero-order valence-corrected chi connectivity index (χ0v) is 12.0. The van der Waals surface area contributed by atoms with Crippen molar-refractivity contribution in [2.45, 2.75) is 6.61 Å². The first-order chi connectivity index (χ1) is 9.24. The molecule has 0 aliphatic heterocycles. The van der Waals surface area contributed by atoms with Gasteiger partial charge in [0.25, 0.3) is 0 Å². The molecule has 0 unspecified atom stereocenters. The largest absolute Gasteiger partial charge is 0.496 e. The molecule has 2 aromatic rings. The van der Waals surface area contributed by atoms with Gasteiger partial charge in [-0.3, -0.25) is 4.79 Å². The Kier molecular flexibility index (Phi) is 4.58. The van der Waals surface area contributed by atoms with Gasteiger partial charge in [0.05, 0.1) is 12.7 Å². The van der Waals surface area contributed by atoms with Gasteiger partial charge in [-0.15, -0.1) is 0 Å². The highest BCUT2D eigenvalue weighted by atomic mass is 79.9. The second-order valence-corrected chi connectivity index (χ2v) is 4.82. The maximum atomic E-state index is 10.9. The second kappa shape index (κ2) is 6.38. The van der Waals surface area contributed by atoms with Gasteiger partial charge in [-0.25, -0.2) is 0 Å². The van der Waals surface area contributed by atoms with E-state index >= 15 is 0 Å². The van der Waals surface area contributed by atoms with Gasteiger partial charge in [-0.05, 0) is 30.3 Å². The summed E-state index contributed by atoms with van der Waals surface area (Å²) in [5, 5.41) is 0. The highest BCUT2D eigenvalue weighted by Crippen LogP contribution is 2.25. The fraction of sp³-hybridized carbons (Fsp3) is 0.133. The SMILES string of the molecule is COc1ccc(Br)cc1COc1ccccc1C=O. The molecule has 0 spiro atoms. The van der Waals surface area contributed by atoms with Crippen LogP contribution < -0.4 is 9.47 Å². The van der Waals surface area contributed by atoms with Gasteiger partial charge in [-0.2, -0.15) is 0 Å². The van der Waals surface area contributed by atoms with Crippen LogP contribution in [-0.2, 0) is 6.61 Å². The molecule has 0 saturated heterocycles. The molecule has 3 nitrogen and oxygen atoms in total. The van der Waals surface area contributed by atoms with Crippen molar-refractivity contribution < 1.29 is 14.3 Å². The predicted molar refractivity (Wildman–Crippen MR) is 76.9 cm³/mol. The Balaban J connectivity index is 2.18. The van der Waals surface area contributed by atoms with Crippen LogP contribution in [0.3, 0.4) is 0 Å². The molecule has 98 valence electrons. The van der Waals surface area contributed by atoms with Crippen LogP contribution in [-0.4, -0.2) is 13.4 Å². The van der Waals surface area contributed by atoms with E-state index in [1.165, 1.54) is 0 Å². The Hall–Kier alpha value is -1.81. The third-order valence-electron chi connectivity index (χ3n) is 2.67. The zero-order chi connectivity index (χ0) is 13.7. The summed E-state index contributed by atoms with van der Waals surface area (Å²) in [5.74, 6) is 1.33. The first-order valence-electron chi connectivity index (χ1n) is 5.74. The summed E-state index contributed by atoms with van der Waals surface area (Å²) in [6.07, 6.45) is 0.785. The molecule has 0 aromatic heterocycles. The molecule has 0 N–H and O–H groups in total. The number of benzene rings is 2. The topological polar surface area (TPSA) is 35.5 Å². The van der Waals surface area contributed by atoms with Crippen molar-refractivity contribution in [2.75, 3.05) is 7.11 Å². The molecule has 19 heavy (non-hydrogen) atoms. The summed E-state index contributed by atoms with van der Waals surface area (Å²) < 4.78 is 11.9. The summed E-state index contributed by atoms with van der Waals surface area (Å²) >= 11 is 3.41. The fourth-order valence-corrected chi connectivity index (χ4v) is 2.13. The monoisotopic (exact) mass is 320 g/mol. The number of hydrogen-bond donors (Lipinski definition) is 0. The molecule has 0 aliphatic rings. The number of carbonyl (C=O) groups is 1. The lowest BCUT2D eigenvalue weighted by Crippen LogP contribution is -2.00. The molecule has 0 aliphatic carbocycles. The van der Waals surface area contributed by atoms with E-state index in [2.05, 4.69) is 15.9 Å². The first-order valence-corrected chi connectivity index (χ1v) is 6.53. The molecule has 0 amide bonds. The quantitative estimate of drug-likeness (QED) is 0.785. The van der Waals surface area contributed by atoms with Crippen LogP contribution in [0.5, 0.6) is 11.5 Å². The number of hydrogen-bond acceptors (Lipinski definition) is 3. The van der Waals surface area contributed by atoms with Gasteiger partial charge < -0.3 is 9.47 Å². The van der Waals surface area contributed by atoms with Crippen LogP contribution in [0.4, 0.5) is 0 Å². The van der Waals surface area contributed by atoms with Gasteiger partial charge in [0.2, 0.25) is 0 Å². The summed E-state index contributed by atoms with van der Waals surface area (Å²) in [5.41, 5.74) is 1.45. The third-order valence-corrected chi connectivity index (χ3v) is 3.16. The number of halogens is 1. The number of para-hydroxylation sites is 1. The normalized spacial score (nSPS) is 10.0. The van der Waals surface area contributed by atoms with Crippen molar-refractivity contribution in [3.8, 4) is 11.5 Å². The average molecular weight is 321 g/mol. The van der Waals surface area contributed by atoms with E-state index in [0.29, 0.717) is 17.9 Å². The van der Waals surface area contributed by atoms with Crippen LogP contribution in [0.2, 0.25) is 0 Å². The van der Waals surface area contributed by atoms with Crippen LogP contribution in [0.1, 0.15) is 15.9 Å². The van der Waals surface area contributed by atoms with Crippen molar-refractivity contribution >= 4 is 22.2 Å². The van der Waals surface area contributed by atoms with Gasteiger partial charge in [0, 0.05) is 10.0 Å². The van der Waals surface area contributed by atoms with Gasteiger partial charge in [0.1, 0.15) is 18.1 Å². The van der Waals surface area contributed by atoms with Crippen molar-refractivity contribution in [2.24, 2.45) is 0 Å². The van der Waals surface area contributed by atoms with Crippen molar-refractivity contribution in [3.05, 3.63) is 58.1 Å². The van der Waals surface area contributed by atoms with E-state index in [9.17, 15) is 4.79 Å². The molecule has 0 heterocycles. The highest BCUT2D eigenvalue weighted by molar-refractivity contribution is 9.10. The van der Waals surface area contributed by atoms with Crippen molar-refractivity contribution in [1.82, 2.24) is 0 Å². The van der Waals surface area contributed by atoms with E-state index in [-0.39, 0.29) is 0 Å². The Morgan fingerprint density at radius 1 is 1.16 bits per heavy atom. The Labute approximate surface area is 120 Å². The summed E-state index contributed by atoms with van der Waals surface area (Å²) in [6.45, 7) is 0.341. The molecule has 2 rings (SSSR count). The van der Waals surface area contributed by atoms with Crippen LogP contribution in [0, 0.1) is 0 Å². The van der Waals surface area contributed by atoms with E-state index in [1.54, 1.807) is 25.3 Å². The minimum atomic E-state index is 0.341. The molecule has 0 radical (unpaired) electrons. The second-order valence-electron chi connectivity index (χ2n) is 3.90. The molecule has 0 bridgehead atoms. The minimum Gasteiger partial charge on any atom is -0.496 e. The zero-order valence-electron chi connectivity index (χ0n) is 10.4. The molecule has 4 heteroatoms. The molecule has 0 atom stereocenters. The number of aldehydes is 1. The molecular weight excluding hydrogens is 308 g/mol. The lowest BCUT2D eigenvalue weighted by atomic mass is 10.2. The van der Waals surface area contributed by atoms with E-state index in [4.69, 9.17) is 9.47 Å². The van der Waals surface area contributed by atoms with Gasteiger partial charge in [0.15, 0.2) is 6.29 Å². The van der Waals surface area contributed by atoms with Crippen LogP contribution >= 0.6 is 15.9 Å². The lowest BCUT2D eigenvalue weighted by Gasteiger charge is -2.11.